The van der Waals surface area contributed by atoms with Gasteiger partial charge in [-0.25, -0.2) is 14.3 Å². The van der Waals surface area contributed by atoms with Gasteiger partial charge in [-0.3, -0.25) is 14.6 Å². The summed E-state index contributed by atoms with van der Waals surface area (Å²) in [6, 6.07) is 20.3. The lowest BCUT2D eigenvalue weighted by Gasteiger charge is -2.25. The van der Waals surface area contributed by atoms with Crippen LogP contribution in [0.1, 0.15) is 23.1 Å². The van der Waals surface area contributed by atoms with Gasteiger partial charge in [0.05, 0.1) is 19.2 Å². The highest BCUT2D eigenvalue weighted by Crippen LogP contribution is 2.35. The van der Waals surface area contributed by atoms with E-state index in [1.165, 1.54) is 28.8 Å². The zero-order valence-electron chi connectivity index (χ0n) is 19.5. The van der Waals surface area contributed by atoms with Crippen LogP contribution in [0, 0.1) is 5.82 Å². The first kappa shape index (κ1) is 23.7. The number of fused-ring (bicyclic) bond motifs is 3. The molecule has 1 unspecified atom stereocenters. The van der Waals surface area contributed by atoms with E-state index in [4.69, 9.17) is 9.73 Å². The second kappa shape index (κ2) is 10.3. The molecule has 0 aromatic heterocycles. The summed E-state index contributed by atoms with van der Waals surface area (Å²) in [6.45, 7) is 0.285. The van der Waals surface area contributed by atoms with Crippen molar-refractivity contribution in [3.05, 3.63) is 95.3 Å². The molecule has 0 aliphatic carbocycles. The fraction of sp³-hybridized carbons (Fsp3) is 0.185. The summed E-state index contributed by atoms with van der Waals surface area (Å²) in [5.41, 5.74) is 3.20. The highest BCUT2D eigenvalue weighted by atomic mass is 32.2. The maximum atomic E-state index is 13.4. The molecule has 7 nitrogen and oxygen atoms in total. The number of carbonyl (C=O) groups is 2. The SMILES string of the molecule is COc1ccccc1CNC(=O)CC1N=C2c3ccccc3N=C(SCc3ccc(F)cc3)N2C1=O. The Kier molecular flexibility index (Phi) is 6.81. The second-order valence-corrected chi connectivity index (χ2v) is 9.20. The number of para-hydroxylation sites is 2. The van der Waals surface area contributed by atoms with Crippen LogP contribution in [0.4, 0.5) is 10.1 Å². The summed E-state index contributed by atoms with van der Waals surface area (Å²) >= 11 is 1.37. The molecule has 2 heterocycles. The minimum absolute atomic E-state index is 0.0773. The maximum absolute atomic E-state index is 13.4. The van der Waals surface area contributed by atoms with Gasteiger partial charge in [0.1, 0.15) is 23.4 Å². The average molecular weight is 503 g/mol. The molecule has 0 fully saturated rings. The van der Waals surface area contributed by atoms with Gasteiger partial charge in [0.25, 0.3) is 5.91 Å². The Morgan fingerprint density at radius 1 is 1.08 bits per heavy atom. The highest BCUT2D eigenvalue weighted by Gasteiger charge is 2.42. The molecule has 1 N–H and O–H groups in total. The van der Waals surface area contributed by atoms with E-state index in [1.807, 2.05) is 48.5 Å². The molecule has 1 atom stereocenters. The molecule has 2 aliphatic rings. The molecule has 2 aliphatic heterocycles. The van der Waals surface area contributed by atoms with Gasteiger partial charge in [-0.05, 0) is 35.9 Å². The third-order valence-corrected chi connectivity index (χ3v) is 6.89. The number of nitrogens with one attached hydrogen (secondary N) is 1. The number of nitrogens with zero attached hydrogens (tertiary/aromatic N) is 3. The predicted molar refractivity (Wildman–Crippen MR) is 138 cm³/mol. The Labute approximate surface area is 212 Å². The molecule has 2 amide bonds. The largest absolute Gasteiger partial charge is 0.496 e. The van der Waals surface area contributed by atoms with Crippen LogP contribution in [-0.2, 0) is 21.9 Å². The zero-order chi connectivity index (χ0) is 25.1. The summed E-state index contributed by atoms with van der Waals surface area (Å²) in [6.07, 6.45) is -0.0773. The molecular formula is C27H23FN4O3S. The van der Waals surface area contributed by atoms with Crippen molar-refractivity contribution in [3.8, 4) is 5.75 Å². The Morgan fingerprint density at radius 3 is 2.64 bits per heavy atom. The molecular weight excluding hydrogens is 479 g/mol. The normalized spacial score (nSPS) is 16.1. The molecule has 0 saturated carbocycles. The number of amides is 2. The number of ether oxygens (including phenoxy) is 1. The highest BCUT2D eigenvalue weighted by molar-refractivity contribution is 8.13. The number of aliphatic imine (C=N–C) groups is 2. The molecule has 5 rings (SSSR count). The Hall–Kier alpha value is -3.98. The molecule has 3 aromatic carbocycles. The molecule has 0 bridgehead atoms. The summed E-state index contributed by atoms with van der Waals surface area (Å²) in [7, 11) is 1.58. The standard InChI is InChI=1S/C27H23FN4O3S/c1-35-23-9-5-2-6-18(23)15-29-24(33)14-22-26(34)32-25(30-22)20-7-3-4-8-21(20)31-27(32)36-16-17-10-12-19(28)13-11-17/h2-13,22H,14-16H2,1H3,(H,29,33). The molecule has 0 spiro atoms. The van der Waals surface area contributed by atoms with Crippen LogP contribution < -0.4 is 10.1 Å². The van der Waals surface area contributed by atoms with Gasteiger partial charge >= 0.3 is 0 Å². The van der Waals surface area contributed by atoms with Gasteiger partial charge in [0.15, 0.2) is 5.17 Å². The van der Waals surface area contributed by atoms with Crippen LogP contribution in [0.2, 0.25) is 0 Å². The Balaban J connectivity index is 1.32. The number of hydrogen-bond acceptors (Lipinski definition) is 6. The minimum Gasteiger partial charge on any atom is -0.496 e. The van der Waals surface area contributed by atoms with E-state index in [9.17, 15) is 14.0 Å². The topological polar surface area (TPSA) is 83.4 Å². The van der Waals surface area contributed by atoms with Crippen molar-refractivity contribution in [1.82, 2.24) is 10.2 Å². The first-order chi connectivity index (χ1) is 17.5. The smallest absolute Gasteiger partial charge is 0.259 e. The summed E-state index contributed by atoms with van der Waals surface area (Å²) in [5, 5.41) is 3.34. The Bertz CT molecular complexity index is 1370. The first-order valence-corrected chi connectivity index (χ1v) is 12.4. The van der Waals surface area contributed by atoms with E-state index in [-0.39, 0.29) is 30.6 Å². The number of carbonyl (C=O) groups excluding carboxylic acids is 2. The third-order valence-electron chi connectivity index (χ3n) is 5.88. The lowest BCUT2D eigenvalue weighted by Crippen LogP contribution is -2.42. The van der Waals surface area contributed by atoms with Gasteiger partial charge in [0.2, 0.25) is 5.91 Å². The van der Waals surface area contributed by atoms with Crippen LogP contribution in [0.3, 0.4) is 0 Å². The van der Waals surface area contributed by atoms with E-state index in [0.717, 1.165) is 16.7 Å². The molecule has 0 saturated heterocycles. The number of halogens is 1. The van der Waals surface area contributed by atoms with E-state index >= 15 is 0 Å². The lowest BCUT2D eigenvalue weighted by molar-refractivity contribution is -0.128. The fourth-order valence-corrected chi connectivity index (χ4v) is 5.01. The van der Waals surface area contributed by atoms with Crippen LogP contribution in [0.5, 0.6) is 5.75 Å². The van der Waals surface area contributed by atoms with Crippen LogP contribution >= 0.6 is 11.8 Å². The van der Waals surface area contributed by atoms with Crippen molar-refractivity contribution >= 4 is 40.3 Å². The lowest BCUT2D eigenvalue weighted by atomic mass is 10.1. The second-order valence-electron chi connectivity index (χ2n) is 8.26. The number of thioether (sulfide) groups is 1. The predicted octanol–water partition coefficient (Wildman–Crippen LogP) is 4.43. The fourth-order valence-electron chi connectivity index (χ4n) is 4.05. The van der Waals surface area contributed by atoms with E-state index < -0.39 is 6.04 Å². The van der Waals surface area contributed by atoms with Gasteiger partial charge < -0.3 is 10.1 Å². The number of methoxy groups -OCH3 is 1. The third kappa shape index (κ3) is 4.87. The zero-order valence-corrected chi connectivity index (χ0v) is 20.3. The van der Waals surface area contributed by atoms with E-state index in [0.29, 0.717) is 28.2 Å². The van der Waals surface area contributed by atoms with Gasteiger partial charge in [-0.15, -0.1) is 0 Å². The van der Waals surface area contributed by atoms with Crippen molar-refractivity contribution in [2.45, 2.75) is 24.8 Å². The van der Waals surface area contributed by atoms with Crippen molar-refractivity contribution in [3.63, 3.8) is 0 Å². The number of rotatable bonds is 7. The van der Waals surface area contributed by atoms with Gasteiger partial charge in [-0.2, -0.15) is 0 Å². The molecule has 3 aromatic rings. The summed E-state index contributed by atoms with van der Waals surface area (Å²) in [4.78, 5) is 37.0. The van der Waals surface area contributed by atoms with Gasteiger partial charge in [-0.1, -0.05) is 54.2 Å². The summed E-state index contributed by atoms with van der Waals surface area (Å²) < 4.78 is 18.6. The molecule has 0 radical (unpaired) electrons. The van der Waals surface area contributed by atoms with Crippen LogP contribution in [0.15, 0.2) is 82.8 Å². The van der Waals surface area contributed by atoms with Crippen molar-refractivity contribution in [1.29, 1.82) is 0 Å². The molecule has 9 heteroatoms. The molecule has 36 heavy (non-hydrogen) atoms. The van der Waals surface area contributed by atoms with Crippen molar-refractivity contribution in [2.24, 2.45) is 9.98 Å². The van der Waals surface area contributed by atoms with Crippen LogP contribution in [0.25, 0.3) is 0 Å². The van der Waals surface area contributed by atoms with Crippen LogP contribution in [-0.4, -0.2) is 40.9 Å². The van der Waals surface area contributed by atoms with Crippen molar-refractivity contribution in [2.75, 3.05) is 7.11 Å². The average Bonchev–Trinajstić information content (AvgIpc) is 3.23. The van der Waals surface area contributed by atoms with Gasteiger partial charge in [0, 0.05) is 23.4 Å². The monoisotopic (exact) mass is 502 g/mol. The first-order valence-electron chi connectivity index (χ1n) is 11.4. The number of benzene rings is 3. The quantitative estimate of drug-likeness (QED) is 0.518. The summed E-state index contributed by atoms with van der Waals surface area (Å²) in [5.74, 6) is 0.801. The van der Waals surface area contributed by atoms with E-state index in [2.05, 4.69) is 10.3 Å². The number of amidine groups is 2. The van der Waals surface area contributed by atoms with E-state index in [1.54, 1.807) is 19.2 Å². The maximum Gasteiger partial charge on any atom is 0.259 e. The minimum atomic E-state index is -0.847. The van der Waals surface area contributed by atoms with Crippen molar-refractivity contribution < 1.29 is 18.7 Å². The number of hydrogen-bond donors (Lipinski definition) is 1. The molecule has 182 valence electrons. The Morgan fingerprint density at radius 2 is 1.83 bits per heavy atom.